The average molecular weight is 729 g/mol. The zero-order chi connectivity index (χ0) is 38.1. The highest BCUT2D eigenvalue weighted by atomic mass is 16.5. The van der Waals surface area contributed by atoms with Crippen LogP contribution in [0, 0.1) is 46.3 Å². The lowest BCUT2D eigenvalue weighted by molar-refractivity contribution is -0.122. The van der Waals surface area contributed by atoms with Crippen molar-refractivity contribution in [1.82, 2.24) is 0 Å². The highest BCUT2D eigenvalue weighted by Gasteiger charge is 2.62. The number of rotatable bonds is 12. The molecule has 0 saturated heterocycles. The fourth-order valence-corrected chi connectivity index (χ4v) is 12.8. The van der Waals surface area contributed by atoms with E-state index in [0.29, 0.717) is 22.4 Å². The Hall–Kier alpha value is -3.66. The molecule has 0 aliphatic heterocycles. The van der Waals surface area contributed by atoms with Crippen LogP contribution in [0.3, 0.4) is 0 Å². The maximum Gasteiger partial charge on any atom is 0.129 e. The maximum atomic E-state index is 6.55. The number of anilines is 1. The van der Waals surface area contributed by atoms with Gasteiger partial charge in [-0.15, -0.1) is 0 Å². The number of unbranched alkanes of at least 4 members (excludes halogenated alkanes) is 1. The van der Waals surface area contributed by atoms with Gasteiger partial charge in [-0.25, -0.2) is 0 Å². The second kappa shape index (κ2) is 15.8. The molecule has 0 bridgehead atoms. The number of hydrogen-bond donors (Lipinski definition) is 2. The smallest absolute Gasteiger partial charge is 0.129 e. The van der Waals surface area contributed by atoms with Crippen LogP contribution in [0.1, 0.15) is 136 Å². The molecule has 7 rings (SSSR count). The summed E-state index contributed by atoms with van der Waals surface area (Å²) < 4.78 is 13.0. The van der Waals surface area contributed by atoms with Gasteiger partial charge in [0.2, 0.25) is 0 Å². The predicted molar refractivity (Wildman–Crippen MR) is 225 cm³/mol. The Morgan fingerprint density at radius 2 is 1.50 bits per heavy atom. The van der Waals surface area contributed by atoms with Crippen molar-refractivity contribution in [2.45, 2.75) is 130 Å². The summed E-state index contributed by atoms with van der Waals surface area (Å²) >= 11 is 0. The molecule has 4 saturated carbocycles. The molecule has 4 heteroatoms. The van der Waals surface area contributed by atoms with E-state index in [1.54, 1.807) is 0 Å². The first-order valence-corrected chi connectivity index (χ1v) is 21.6. The number of ether oxygens (including phenoxy) is 2. The van der Waals surface area contributed by atoms with Gasteiger partial charge in [-0.05, 0) is 177 Å². The minimum atomic E-state index is -0.157. The SMILES string of the molecule is CC/C=C(\C=C(/C)N)Oc1cccc(C2(c3cccc(Oc4cccc(N)c4)c3)CCC3(C)C(CCC4C3CCC3(C)C(C(C)CCCC)CCC43)C2)c1. The zero-order valence-corrected chi connectivity index (χ0v) is 34.2. The van der Waals surface area contributed by atoms with Crippen molar-refractivity contribution in [2.24, 2.45) is 52.1 Å². The molecule has 0 aromatic heterocycles. The van der Waals surface area contributed by atoms with Crippen molar-refractivity contribution >= 4 is 5.69 Å². The lowest BCUT2D eigenvalue weighted by Crippen LogP contribution is -2.55. The van der Waals surface area contributed by atoms with E-state index in [-0.39, 0.29) is 5.41 Å². The van der Waals surface area contributed by atoms with E-state index in [9.17, 15) is 0 Å². The van der Waals surface area contributed by atoms with E-state index in [1.165, 1.54) is 75.3 Å². The van der Waals surface area contributed by atoms with Crippen LogP contribution in [-0.4, -0.2) is 0 Å². The first kappa shape index (κ1) is 38.6. The van der Waals surface area contributed by atoms with Gasteiger partial charge in [0.05, 0.1) is 0 Å². The Morgan fingerprint density at radius 1 is 0.815 bits per heavy atom. The zero-order valence-electron chi connectivity index (χ0n) is 34.2. The third-order valence-electron chi connectivity index (χ3n) is 15.4. The molecule has 3 aromatic rings. The van der Waals surface area contributed by atoms with Gasteiger partial charge in [-0.2, -0.15) is 0 Å². The van der Waals surface area contributed by atoms with Gasteiger partial charge in [0.1, 0.15) is 23.0 Å². The minimum Gasteiger partial charge on any atom is -0.458 e. The molecule has 4 fully saturated rings. The quantitative estimate of drug-likeness (QED) is 0.111. The monoisotopic (exact) mass is 729 g/mol. The Balaban J connectivity index is 1.22. The van der Waals surface area contributed by atoms with Crippen LogP contribution in [0.15, 0.2) is 96.4 Å². The van der Waals surface area contributed by atoms with Crippen LogP contribution in [0.5, 0.6) is 17.2 Å². The summed E-state index contributed by atoms with van der Waals surface area (Å²) in [6.45, 7) is 14.4. The molecule has 290 valence electrons. The van der Waals surface area contributed by atoms with E-state index in [1.807, 2.05) is 37.3 Å². The molecule has 0 spiro atoms. The fourth-order valence-electron chi connectivity index (χ4n) is 12.8. The van der Waals surface area contributed by atoms with E-state index >= 15 is 0 Å². The van der Waals surface area contributed by atoms with Crippen molar-refractivity contribution in [2.75, 3.05) is 5.73 Å². The second-order valence-corrected chi connectivity index (χ2v) is 18.5. The summed E-state index contributed by atoms with van der Waals surface area (Å²) in [5.74, 6) is 8.34. The van der Waals surface area contributed by atoms with E-state index in [4.69, 9.17) is 20.9 Å². The number of nitrogen functional groups attached to an aromatic ring is 1. The molecule has 0 amide bonds. The largest absolute Gasteiger partial charge is 0.458 e. The van der Waals surface area contributed by atoms with E-state index in [0.717, 1.165) is 77.6 Å². The van der Waals surface area contributed by atoms with Gasteiger partial charge in [0.15, 0.2) is 0 Å². The summed E-state index contributed by atoms with van der Waals surface area (Å²) in [5, 5.41) is 0. The Labute approximate surface area is 327 Å². The number of fused-ring (bicyclic) bond motifs is 5. The van der Waals surface area contributed by atoms with Gasteiger partial charge < -0.3 is 20.9 Å². The molecule has 4 nitrogen and oxygen atoms in total. The fraction of sp³-hybridized carbons (Fsp3) is 0.560. The van der Waals surface area contributed by atoms with Crippen LogP contribution >= 0.6 is 0 Å². The normalized spacial score (nSPS) is 33.0. The first-order valence-electron chi connectivity index (χ1n) is 21.6. The molecule has 4 aliphatic carbocycles. The first-order chi connectivity index (χ1) is 26.0. The Morgan fingerprint density at radius 3 is 2.20 bits per heavy atom. The van der Waals surface area contributed by atoms with Crippen LogP contribution in [0.25, 0.3) is 0 Å². The van der Waals surface area contributed by atoms with Gasteiger partial charge in [0.25, 0.3) is 0 Å². The van der Waals surface area contributed by atoms with Crippen molar-refractivity contribution in [3.8, 4) is 17.2 Å². The van der Waals surface area contributed by atoms with Crippen molar-refractivity contribution in [3.63, 3.8) is 0 Å². The molecule has 9 unspecified atom stereocenters. The number of nitrogens with two attached hydrogens (primary N) is 2. The molecule has 4 aliphatic rings. The van der Waals surface area contributed by atoms with Crippen LogP contribution in [-0.2, 0) is 5.41 Å². The maximum absolute atomic E-state index is 6.55. The molecule has 3 aromatic carbocycles. The molecule has 0 heterocycles. The van der Waals surface area contributed by atoms with Crippen LogP contribution in [0.4, 0.5) is 5.69 Å². The minimum absolute atomic E-state index is 0.157. The molecule has 54 heavy (non-hydrogen) atoms. The summed E-state index contributed by atoms with van der Waals surface area (Å²) in [7, 11) is 0. The van der Waals surface area contributed by atoms with Gasteiger partial charge in [0, 0.05) is 22.9 Å². The lowest BCUT2D eigenvalue weighted by Gasteiger charge is -2.63. The van der Waals surface area contributed by atoms with E-state index in [2.05, 4.69) is 89.2 Å². The highest BCUT2D eigenvalue weighted by Crippen LogP contribution is 2.70. The highest BCUT2D eigenvalue weighted by molar-refractivity contribution is 5.49. The molecule has 4 N–H and O–H groups in total. The van der Waals surface area contributed by atoms with Crippen LogP contribution in [0.2, 0.25) is 0 Å². The van der Waals surface area contributed by atoms with Crippen molar-refractivity contribution < 1.29 is 9.47 Å². The van der Waals surface area contributed by atoms with Crippen LogP contribution < -0.4 is 20.9 Å². The summed E-state index contributed by atoms with van der Waals surface area (Å²) in [5.41, 5.74) is 17.1. The molecular formula is C50H68N2O2. The third kappa shape index (κ3) is 7.36. The van der Waals surface area contributed by atoms with Crippen molar-refractivity contribution in [3.05, 3.63) is 108 Å². The lowest BCUT2D eigenvalue weighted by atomic mass is 9.42. The van der Waals surface area contributed by atoms with Gasteiger partial charge in [-0.3, -0.25) is 0 Å². The summed E-state index contributed by atoms with van der Waals surface area (Å²) in [6.07, 6.45) is 21.1. The van der Waals surface area contributed by atoms with E-state index < -0.39 is 0 Å². The summed E-state index contributed by atoms with van der Waals surface area (Å²) in [6, 6.07) is 25.6. The average Bonchev–Trinajstić information content (AvgIpc) is 3.51. The molecule has 9 atom stereocenters. The van der Waals surface area contributed by atoms with Gasteiger partial charge in [-0.1, -0.05) is 84.2 Å². The topological polar surface area (TPSA) is 70.5 Å². The van der Waals surface area contributed by atoms with Gasteiger partial charge >= 0.3 is 0 Å². The third-order valence-corrected chi connectivity index (χ3v) is 15.4. The second-order valence-electron chi connectivity index (χ2n) is 18.5. The Bertz CT molecular complexity index is 1820. The summed E-state index contributed by atoms with van der Waals surface area (Å²) in [4.78, 5) is 0. The molecule has 0 radical (unpaired) electrons. The molecular weight excluding hydrogens is 661 g/mol. The standard InChI is InChI=1S/C50H68N2O2/c1-7-9-14-34(3)45-23-24-46-44-22-21-38-33-50(28-27-48(38,5)47(44)25-26-49(45,46)6,36-15-10-18-41(30-36)53-40(13-8-2)29-35(4)51)37-16-11-19-42(31-37)54-43-20-12-17-39(52)32-43/h10-13,15-20,29-32,34,38,44-47H,7-9,14,21-28,33,51-52H2,1-6H3/b35-29+,40-13+. The predicted octanol–water partition coefficient (Wildman–Crippen LogP) is 13.4. The Kier molecular flexibility index (Phi) is 11.3. The number of allylic oxidation sites excluding steroid dienone is 3. The number of hydrogen-bond acceptors (Lipinski definition) is 4. The number of benzene rings is 3. The van der Waals surface area contributed by atoms with Crippen molar-refractivity contribution in [1.29, 1.82) is 0 Å².